The fraction of sp³-hybridized carbons (Fsp3) is 0.200. The van der Waals surface area contributed by atoms with E-state index >= 15 is 0 Å². The number of hydrogen-bond donors (Lipinski definition) is 2. The Balaban J connectivity index is 4.78. The fourth-order valence-corrected chi connectivity index (χ4v) is 0.698. The van der Waals surface area contributed by atoms with E-state index in [-0.39, 0.29) is 5.57 Å². The van der Waals surface area contributed by atoms with Crippen molar-refractivity contribution in [2.45, 2.75) is 6.92 Å². The number of aliphatic carboxylic acids is 1. The van der Waals surface area contributed by atoms with Crippen molar-refractivity contribution < 1.29 is 9.90 Å². The Morgan fingerprint density at radius 1 is 1.62 bits per heavy atom. The minimum atomic E-state index is -1.01. The van der Waals surface area contributed by atoms with Gasteiger partial charge in [-0.2, -0.15) is 0 Å². The van der Waals surface area contributed by atoms with Crippen LogP contribution in [0.15, 0.2) is 41.8 Å². The first-order valence-corrected chi connectivity index (χ1v) is 3.80. The molecule has 2 N–H and O–H groups in total. The van der Waals surface area contributed by atoms with Gasteiger partial charge < -0.3 is 10.4 Å². The summed E-state index contributed by atoms with van der Waals surface area (Å²) in [6.45, 7) is 5.40. The van der Waals surface area contributed by atoms with Crippen molar-refractivity contribution in [1.29, 1.82) is 0 Å². The first kappa shape index (κ1) is 11.3. The number of nitrogens with one attached hydrogen (secondary N) is 1. The summed E-state index contributed by atoms with van der Waals surface area (Å²) in [4.78, 5) is 10.7. The van der Waals surface area contributed by atoms with Crippen LogP contribution in [0.1, 0.15) is 6.92 Å². The van der Waals surface area contributed by atoms with Gasteiger partial charge in [-0.05, 0) is 24.6 Å². The third-order valence-electron chi connectivity index (χ3n) is 1.29. The van der Waals surface area contributed by atoms with E-state index in [0.29, 0.717) is 5.57 Å². The molecular weight excluding hydrogens is 166 g/mol. The molecule has 0 atom stereocenters. The molecule has 0 bridgehead atoms. The van der Waals surface area contributed by atoms with Gasteiger partial charge in [-0.1, -0.05) is 6.58 Å². The lowest BCUT2D eigenvalue weighted by atomic mass is 10.1. The Bertz CT molecular complexity index is 294. The molecule has 0 rings (SSSR count). The van der Waals surface area contributed by atoms with Gasteiger partial charge in [0.1, 0.15) is 0 Å². The van der Waals surface area contributed by atoms with Crippen LogP contribution in [-0.4, -0.2) is 18.1 Å². The van der Waals surface area contributed by atoms with Crippen LogP contribution < -0.4 is 5.32 Å². The van der Waals surface area contributed by atoms with Crippen LogP contribution in [0, 0.1) is 0 Å². The summed E-state index contributed by atoms with van der Waals surface area (Å²) in [7, 11) is 1.63. The number of allylic oxidation sites excluding steroid dienone is 1. The number of rotatable bonds is 4. The van der Waals surface area contributed by atoms with Gasteiger partial charge in [0.15, 0.2) is 0 Å². The second kappa shape index (κ2) is 5.86. The zero-order valence-electron chi connectivity index (χ0n) is 7.79. The predicted molar refractivity (Wildman–Crippen MR) is 52.2 cm³/mol. The number of carboxylic acid groups (broad SMARTS) is 1. The van der Waals surface area contributed by atoms with Crippen molar-refractivity contribution in [1.82, 2.24) is 5.32 Å². The summed E-state index contributed by atoms with van der Waals surface area (Å²) in [5.74, 6) is -1.01. The van der Waals surface area contributed by atoms with Crippen molar-refractivity contribution in [3.63, 3.8) is 0 Å². The molecule has 0 aliphatic heterocycles. The third kappa shape index (κ3) is 3.99. The van der Waals surface area contributed by atoms with Gasteiger partial charge in [-0.15, -0.1) is 5.73 Å². The van der Waals surface area contributed by atoms with Crippen LogP contribution in [0.25, 0.3) is 0 Å². The monoisotopic (exact) mass is 179 g/mol. The van der Waals surface area contributed by atoms with Crippen molar-refractivity contribution in [3.8, 4) is 0 Å². The van der Waals surface area contributed by atoms with E-state index in [2.05, 4.69) is 17.6 Å². The Labute approximate surface area is 77.8 Å². The number of hydrogen-bond acceptors (Lipinski definition) is 2. The molecule has 0 unspecified atom stereocenters. The molecule has 3 heteroatoms. The highest BCUT2D eigenvalue weighted by atomic mass is 16.4. The van der Waals surface area contributed by atoms with Crippen molar-refractivity contribution in [2.24, 2.45) is 0 Å². The molecule has 0 saturated heterocycles. The van der Waals surface area contributed by atoms with Gasteiger partial charge >= 0.3 is 5.97 Å². The maximum absolute atomic E-state index is 10.7. The van der Waals surface area contributed by atoms with Gasteiger partial charge in [-0.25, -0.2) is 4.79 Å². The lowest BCUT2D eigenvalue weighted by molar-refractivity contribution is -0.132. The van der Waals surface area contributed by atoms with Gasteiger partial charge in [0.2, 0.25) is 0 Å². The summed E-state index contributed by atoms with van der Waals surface area (Å²) >= 11 is 0. The molecule has 0 saturated carbocycles. The first-order valence-electron chi connectivity index (χ1n) is 3.80. The quantitative estimate of drug-likeness (QED) is 0.390. The summed E-state index contributed by atoms with van der Waals surface area (Å²) in [6, 6.07) is 0. The van der Waals surface area contributed by atoms with Crippen LogP contribution >= 0.6 is 0 Å². The van der Waals surface area contributed by atoms with Gasteiger partial charge in [0, 0.05) is 13.2 Å². The minimum absolute atomic E-state index is 0.136. The molecule has 0 fully saturated rings. The van der Waals surface area contributed by atoms with Gasteiger partial charge in [0.05, 0.1) is 5.57 Å². The van der Waals surface area contributed by atoms with E-state index in [1.54, 1.807) is 20.0 Å². The second-order valence-electron chi connectivity index (χ2n) is 2.28. The van der Waals surface area contributed by atoms with Crippen molar-refractivity contribution in [2.75, 3.05) is 7.05 Å². The zero-order chi connectivity index (χ0) is 10.3. The Kier molecular flexibility index (Phi) is 5.08. The molecule has 3 nitrogen and oxygen atoms in total. The molecule has 0 radical (unpaired) electrons. The maximum Gasteiger partial charge on any atom is 0.337 e. The van der Waals surface area contributed by atoms with E-state index in [4.69, 9.17) is 5.11 Å². The van der Waals surface area contributed by atoms with E-state index < -0.39 is 5.97 Å². The average Bonchev–Trinajstić information content (AvgIpc) is 2.09. The SMILES string of the molecule is C=C(C=C=CC)/C(=C\NC)C(=O)O. The molecule has 0 aromatic rings. The second-order valence-corrected chi connectivity index (χ2v) is 2.28. The number of carbonyl (C=O) groups is 1. The summed E-state index contributed by atoms with van der Waals surface area (Å²) in [5, 5.41) is 11.4. The summed E-state index contributed by atoms with van der Waals surface area (Å²) < 4.78 is 0. The molecule has 0 aromatic carbocycles. The summed E-state index contributed by atoms with van der Waals surface area (Å²) in [6.07, 6.45) is 4.60. The van der Waals surface area contributed by atoms with Crippen LogP contribution in [0.5, 0.6) is 0 Å². The molecular formula is C10H13NO2. The highest BCUT2D eigenvalue weighted by molar-refractivity contribution is 5.92. The lowest BCUT2D eigenvalue weighted by Crippen LogP contribution is -2.06. The minimum Gasteiger partial charge on any atom is -0.478 e. The molecule has 0 aromatic heterocycles. The Morgan fingerprint density at radius 2 is 2.23 bits per heavy atom. The molecule has 0 spiro atoms. The summed E-state index contributed by atoms with van der Waals surface area (Å²) in [5.41, 5.74) is 3.31. The Hall–Kier alpha value is -1.73. The molecule has 0 amide bonds. The smallest absolute Gasteiger partial charge is 0.337 e. The van der Waals surface area contributed by atoms with Gasteiger partial charge in [0.25, 0.3) is 0 Å². The normalized spacial score (nSPS) is 9.85. The Morgan fingerprint density at radius 3 is 2.62 bits per heavy atom. The van der Waals surface area contributed by atoms with E-state index in [1.807, 2.05) is 0 Å². The molecule has 0 aliphatic rings. The first-order chi connectivity index (χ1) is 6.13. The fourth-order valence-electron chi connectivity index (χ4n) is 0.698. The highest BCUT2D eigenvalue weighted by Gasteiger charge is 2.07. The van der Waals surface area contributed by atoms with E-state index in [9.17, 15) is 4.79 Å². The van der Waals surface area contributed by atoms with E-state index in [1.165, 1.54) is 12.3 Å². The van der Waals surface area contributed by atoms with Crippen LogP contribution in [-0.2, 0) is 4.79 Å². The highest BCUT2D eigenvalue weighted by Crippen LogP contribution is 2.07. The molecule has 0 aliphatic carbocycles. The van der Waals surface area contributed by atoms with Gasteiger partial charge in [-0.3, -0.25) is 0 Å². The van der Waals surface area contributed by atoms with Crippen LogP contribution in [0.3, 0.4) is 0 Å². The van der Waals surface area contributed by atoms with Crippen LogP contribution in [0.2, 0.25) is 0 Å². The predicted octanol–water partition coefficient (Wildman–Crippen LogP) is 1.46. The largest absolute Gasteiger partial charge is 0.478 e. The third-order valence-corrected chi connectivity index (χ3v) is 1.29. The average molecular weight is 179 g/mol. The molecule has 13 heavy (non-hydrogen) atoms. The van der Waals surface area contributed by atoms with Crippen molar-refractivity contribution >= 4 is 5.97 Å². The zero-order valence-corrected chi connectivity index (χ0v) is 7.79. The molecule has 70 valence electrons. The maximum atomic E-state index is 10.7. The van der Waals surface area contributed by atoms with E-state index in [0.717, 1.165) is 0 Å². The standard InChI is InChI=1S/C10H13NO2/c1-4-5-6-8(2)9(7-11-3)10(12)13/h4,6-7,11H,2H2,1,3H3,(H,12,13)/b9-7+. The number of carboxylic acids is 1. The molecule has 0 heterocycles. The van der Waals surface area contributed by atoms with Crippen LogP contribution in [0.4, 0.5) is 0 Å². The lowest BCUT2D eigenvalue weighted by Gasteiger charge is -1.99. The topological polar surface area (TPSA) is 49.3 Å². The van der Waals surface area contributed by atoms with Crippen molar-refractivity contribution in [3.05, 3.63) is 41.8 Å².